The van der Waals surface area contributed by atoms with Crippen LogP contribution in [0, 0.1) is 0 Å². The first-order chi connectivity index (χ1) is 13.8. The van der Waals surface area contributed by atoms with Crippen LogP contribution in [0.3, 0.4) is 0 Å². The van der Waals surface area contributed by atoms with Gasteiger partial charge in [-0.05, 0) is 62.4 Å². The Balaban J connectivity index is 2.18. The lowest BCUT2D eigenvalue weighted by molar-refractivity contribution is -0.301. The van der Waals surface area contributed by atoms with Crippen LogP contribution in [0.15, 0.2) is 30.5 Å². The fourth-order valence-electron chi connectivity index (χ4n) is 2.39. The van der Waals surface area contributed by atoms with Crippen molar-refractivity contribution in [3.63, 3.8) is 0 Å². The van der Waals surface area contributed by atoms with Crippen molar-refractivity contribution in [1.29, 1.82) is 0 Å². The number of aromatic nitrogens is 2. The van der Waals surface area contributed by atoms with Gasteiger partial charge in [0.25, 0.3) is 0 Å². The van der Waals surface area contributed by atoms with Crippen LogP contribution in [-0.4, -0.2) is 30.3 Å². The van der Waals surface area contributed by atoms with E-state index in [2.05, 4.69) is 9.97 Å². The molecule has 2 rings (SSSR count). The van der Waals surface area contributed by atoms with E-state index in [4.69, 9.17) is 9.78 Å². The minimum atomic E-state index is -4.68. The molecule has 1 atom stereocenters. The number of alkyl halides is 3. The number of carbonyl (C=O) groups is 1. The van der Waals surface area contributed by atoms with Gasteiger partial charge >= 0.3 is 12.1 Å². The van der Waals surface area contributed by atoms with E-state index >= 15 is 0 Å². The Labute approximate surface area is 173 Å². The van der Waals surface area contributed by atoms with Crippen molar-refractivity contribution < 1.29 is 36.5 Å². The molecule has 2 aromatic rings. The van der Waals surface area contributed by atoms with Crippen molar-refractivity contribution in [2.24, 2.45) is 0 Å². The van der Waals surface area contributed by atoms with E-state index in [-0.39, 0.29) is 29.9 Å². The molecular formula is C19H20F3N2O5S-. The Morgan fingerprint density at radius 1 is 1.20 bits per heavy atom. The van der Waals surface area contributed by atoms with E-state index < -0.39 is 40.1 Å². The third-order valence-electron chi connectivity index (χ3n) is 3.65. The summed E-state index contributed by atoms with van der Waals surface area (Å²) in [5, 5.41) is 0. The third-order valence-corrected chi connectivity index (χ3v) is 4.14. The van der Waals surface area contributed by atoms with Crippen molar-refractivity contribution in [2.75, 3.05) is 0 Å². The first-order valence-corrected chi connectivity index (χ1v) is 10.1. The quantitative estimate of drug-likeness (QED) is 0.365. The molecular weight excluding hydrogens is 425 g/mol. The number of carbonyl (C=O) groups excluding carboxylic acids is 1. The molecule has 0 aliphatic heterocycles. The van der Waals surface area contributed by atoms with Gasteiger partial charge in [-0.2, -0.15) is 18.1 Å². The number of benzene rings is 1. The summed E-state index contributed by atoms with van der Waals surface area (Å²) in [6.45, 7) is 5.11. The highest BCUT2D eigenvalue weighted by Gasteiger charge is 2.34. The summed E-state index contributed by atoms with van der Waals surface area (Å²) >= 11 is -2.53. The molecule has 0 N–H and O–H groups in total. The maximum Gasteiger partial charge on any atom is 0.419 e. The van der Waals surface area contributed by atoms with Gasteiger partial charge in [0.2, 0.25) is 0 Å². The summed E-state index contributed by atoms with van der Waals surface area (Å²) in [5.74, 6) is -1.53. The molecule has 30 heavy (non-hydrogen) atoms. The molecule has 0 aliphatic rings. The van der Waals surface area contributed by atoms with E-state index in [1.165, 1.54) is 12.1 Å². The van der Waals surface area contributed by atoms with Crippen LogP contribution in [0.1, 0.15) is 53.8 Å². The lowest BCUT2D eigenvalue weighted by atomic mass is 10.0. The van der Waals surface area contributed by atoms with Crippen LogP contribution >= 0.6 is 0 Å². The SMILES string of the molecule is CC(C)(C)OOC(=O)c1cccc(CCc2nc(CS(=O)[O-])ncc2C(F)(F)F)c1. The zero-order valence-corrected chi connectivity index (χ0v) is 17.3. The lowest BCUT2D eigenvalue weighted by Gasteiger charge is -2.16. The average Bonchev–Trinajstić information content (AvgIpc) is 2.62. The van der Waals surface area contributed by atoms with Gasteiger partial charge in [0.15, 0.2) is 0 Å². The van der Waals surface area contributed by atoms with Crippen molar-refractivity contribution in [3.8, 4) is 0 Å². The van der Waals surface area contributed by atoms with Crippen LogP contribution in [0.4, 0.5) is 13.2 Å². The highest BCUT2D eigenvalue weighted by atomic mass is 32.2. The van der Waals surface area contributed by atoms with Gasteiger partial charge in [-0.1, -0.05) is 12.1 Å². The molecule has 1 aromatic carbocycles. The Hall–Kier alpha value is -2.37. The van der Waals surface area contributed by atoms with Crippen LogP contribution in [-0.2, 0) is 45.6 Å². The van der Waals surface area contributed by atoms with E-state index in [9.17, 15) is 26.7 Å². The predicted octanol–water partition coefficient (Wildman–Crippen LogP) is 3.55. The molecule has 1 heterocycles. The van der Waals surface area contributed by atoms with E-state index in [0.29, 0.717) is 11.8 Å². The highest BCUT2D eigenvalue weighted by molar-refractivity contribution is 7.78. The Morgan fingerprint density at radius 3 is 2.50 bits per heavy atom. The molecule has 0 radical (unpaired) electrons. The molecule has 0 fully saturated rings. The van der Waals surface area contributed by atoms with E-state index in [0.717, 1.165) is 0 Å². The van der Waals surface area contributed by atoms with Crippen molar-refractivity contribution in [3.05, 3.63) is 58.7 Å². The van der Waals surface area contributed by atoms with Crippen molar-refractivity contribution >= 4 is 17.0 Å². The maximum absolute atomic E-state index is 13.2. The maximum atomic E-state index is 13.2. The normalized spacial score (nSPS) is 13.2. The smallest absolute Gasteiger partial charge is 0.419 e. The zero-order chi connectivity index (χ0) is 22.5. The minimum absolute atomic E-state index is 0.126. The Kier molecular flexibility index (Phi) is 7.67. The fraction of sp³-hybridized carbons (Fsp3) is 0.421. The standard InChI is InChI=1S/C19H21F3N2O5S/c1-18(2,3)29-28-17(25)13-6-4-5-12(9-13)7-8-15-14(19(20,21)22)10-23-16(24-15)11-30(26)27/h4-6,9-10H,7-8,11H2,1-3H3,(H,26,27)/p-1. The third kappa shape index (κ3) is 7.47. The molecule has 11 heteroatoms. The number of rotatable bonds is 7. The van der Waals surface area contributed by atoms with E-state index in [1.54, 1.807) is 32.9 Å². The summed E-state index contributed by atoms with van der Waals surface area (Å²) in [7, 11) is 0. The molecule has 0 aliphatic carbocycles. The number of hydrogen-bond acceptors (Lipinski definition) is 7. The molecule has 0 amide bonds. The first kappa shape index (κ1) is 23.9. The minimum Gasteiger partial charge on any atom is -0.772 e. The van der Waals surface area contributed by atoms with Gasteiger partial charge in [-0.15, -0.1) is 0 Å². The molecule has 164 valence electrons. The second-order valence-corrected chi connectivity index (χ2v) is 8.26. The number of aryl methyl sites for hydroxylation is 2. The van der Waals surface area contributed by atoms with Gasteiger partial charge in [0.1, 0.15) is 11.4 Å². The largest absolute Gasteiger partial charge is 0.772 e. The van der Waals surface area contributed by atoms with Crippen LogP contribution in [0.25, 0.3) is 0 Å². The van der Waals surface area contributed by atoms with Crippen molar-refractivity contribution in [2.45, 2.75) is 51.1 Å². The fourth-order valence-corrected chi connectivity index (χ4v) is 2.74. The molecule has 1 aromatic heterocycles. The summed E-state index contributed by atoms with van der Waals surface area (Å²) in [4.78, 5) is 29.1. The lowest BCUT2D eigenvalue weighted by Crippen LogP contribution is -2.22. The summed E-state index contributed by atoms with van der Waals surface area (Å²) in [6, 6.07) is 6.19. The number of hydrogen-bond donors (Lipinski definition) is 0. The second-order valence-electron chi connectivity index (χ2n) is 7.36. The van der Waals surface area contributed by atoms with Gasteiger partial charge in [-0.3, -0.25) is 9.10 Å². The van der Waals surface area contributed by atoms with Gasteiger partial charge < -0.3 is 4.55 Å². The molecule has 0 saturated heterocycles. The highest BCUT2D eigenvalue weighted by Crippen LogP contribution is 2.31. The van der Waals surface area contributed by atoms with Crippen LogP contribution in [0.2, 0.25) is 0 Å². The second kappa shape index (κ2) is 9.63. The zero-order valence-electron chi connectivity index (χ0n) is 16.5. The van der Waals surface area contributed by atoms with Gasteiger partial charge in [0.05, 0.1) is 22.6 Å². The predicted molar refractivity (Wildman–Crippen MR) is 99.8 cm³/mol. The van der Waals surface area contributed by atoms with Gasteiger partial charge in [-0.25, -0.2) is 14.8 Å². The molecule has 0 saturated carbocycles. The molecule has 1 unspecified atom stereocenters. The van der Waals surface area contributed by atoms with E-state index in [1.807, 2.05) is 0 Å². The number of halogens is 3. The number of nitrogens with zero attached hydrogens (tertiary/aromatic N) is 2. The summed E-state index contributed by atoms with van der Waals surface area (Å²) in [5.41, 5.74) is -1.29. The molecule has 0 bridgehead atoms. The Bertz CT molecular complexity index is 929. The summed E-state index contributed by atoms with van der Waals surface area (Å²) in [6.07, 6.45) is -4.10. The Morgan fingerprint density at radius 2 is 1.90 bits per heavy atom. The topological polar surface area (TPSA) is 101 Å². The molecule has 0 spiro atoms. The van der Waals surface area contributed by atoms with Crippen LogP contribution < -0.4 is 0 Å². The van der Waals surface area contributed by atoms with Crippen LogP contribution in [0.5, 0.6) is 0 Å². The molecule has 7 nitrogen and oxygen atoms in total. The first-order valence-electron chi connectivity index (χ1n) is 8.82. The van der Waals surface area contributed by atoms with Gasteiger partial charge in [0, 0.05) is 6.20 Å². The van der Waals surface area contributed by atoms with Crippen molar-refractivity contribution in [1.82, 2.24) is 9.97 Å². The monoisotopic (exact) mass is 445 g/mol. The average molecular weight is 445 g/mol. The summed E-state index contributed by atoms with van der Waals surface area (Å²) < 4.78 is 61.3.